The molecule has 0 bridgehead atoms. The molecule has 0 saturated heterocycles. The molecular weight excluding hydrogens is 250 g/mol. The van der Waals surface area contributed by atoms with E-state index < -0.39 is 0 Å². The Balaban J connectivity index is 1.53. The lowest BCUT2D eigenvalue weighted by molar-refractivity contribution is -0.0254. The van der Waals surface area contributed by atoms with Crippen LogP contribution in [0.3, 0.4) is 0 Å². The molecule has 1 heterocycles. The summed E-state index contributed by atoms with van der Waals surface area (Å²) in [5, 5.41) is 3.39. The molecule has 1 aliphatic heterocycles. The van der Waals surface area contributed by atoms with E-state index in [0.717, 1.165) is 12.2 Å². The molecule has 110 valence electrons. The van der Waals surface area contributed by atoms with Crippen LogP contribution in [-0.4, -0.2) is 31.9 Å². The molecule has 1 N–H and O–H groups in total. The van der Waals surface area contributed by atoms with Gasteiger partial charge in [-0.3, -0.25) is 0 Å². The minimum atomic E-state index is 0.186. The van der Waals surface area contributed by atoms with Gasteiger partial charge in [-0.1, -0.05) is 30.5 Å². The molecule has 1 aromatic carbocycles. The maximum atomic E-state index is 6.14. The number of rotatable bonds is 4. The van der Waals surface area contributed by atoms with Gasteiger partial charge in [0.1, 0.15) is 11.9 Å². The predicted molar refractivity (Wildman–Crippen MR) is 80.4 cm³/mol. The molecule has 1 aliphatic carbocycles. The van der Waals surface area contributed by atoms with Crippen LogP contribution in [0.2, 0.25) is 0 Å². The fourth-order valence-corrected chi connectivity index (χ4v) is 3.40. The number of aryl methyl sites for hydroxylation is 1. The summed E-state index contributed by atoms with van der Waals surface area (Å²) in [6, 6.07) is 6.93. The van der Waals surface area contributed by atoms with Crippen LogP contribution in [0.15, 0.2) is 18.2 Å². The second kappa shape index (κ2) is 6.15. The highest BCUT2D eigenvalue weighted by Crippen LogP contribution is 2.30. The van der Waals surface area contributed by atoms with Crippen molar-refractivity contribution in [1.82, 2.24) is 5.32 Å². The van der Waals surface area contributed by atoms with Crippen molar-refractivity contribution in [2.45, 2.75) is 57.3 Å². The van der Waals surface area contributed by atoms with Crippen molar-refractivity contribution in [3.05, 3.63) is 29.3 Å². The Labute approximate surface area is 121 Å². The summed E-state index contributed by atoms with van der Waals surface area (Å²) in [4.78, 5) is 0. The molecule has 3 nitrogen and oxygen atoms in total. The first kappa shape index (κ1) is 13.9. The lowest BCUT2D eigenvalue weighted by Gasteiger charge is -2.31. The maximum absolute atomic E-state index is 6.14. The third-order valence-corrected chi connectivity index (χ3v) is 4.53. The van der Waals surface area contributed by atoms with Gasteiger partial charge in [-0.15, -0.1) is 0 Å². The summed E-state index contributed by atoms with van der Waals surface area (Å²) < 4.78 is 12.1. The molecule has 0 amide bonds. The van der Waals surface area contributed by atoms with E-state index in [0.29, 0.717) is 18.8 Å². The number of nitrogens with one attached hydrogen (secondary N) is 1. The molecule has 1 fully saturated rings. The number of hydrogen-bond donors (Lipinski definition) is 1. The van der Waals surface area contributed by atoms with Crippen molar-refractivity contribution in [3.8, 4) is 5.75 Å². The fourth-order valence-electron chi connectivity index (χ4n) is 3.40. The smallest absolute Gasteiger partial charge is 0.126 e. The Kier molecular flexibility index (Phi) is 4.27. The molecule has 1 aromatic rings. The minimum Gasteiger partial charge on any atom is -0.487 e. The highest BCUT2D eigenvalue weighted by atomic mass is 16.5. The molecule has 0 spiro atoms. The Morgan fingerprint density at radius 1 is 1.30 bits per heavy atom. The van der Waals surface area contributed by atoms with Crippen LogP contribution in [0.4, 0.5) is 0 Å². The van der Waals surface area contributed by atoms with Crippen molar-refractivity contribution >= 4 is 0 Å². The first-order chi connectivity index (χ1) is 9.76. The number of ether oxygens (including phenoxy) is 2. The van der Waals surface area contributed by atoms with E-state index in [1.165, 1.54) is 36.8 Å². The molecule has 20 heavy (non-hydrogen) atoms. The molecule has 1 saturated carbocycles. The zero-order valence-corrected chi connectivity index (χ0v) is 12.5. The van der Waals surface area contributed by atoms with Gasteiger partial charge in [0.2, 0.25) is 0 Å². The number of hydrogen-bond acceptors (Lipinski definition) is 3. The zero-order chi connectivity index (χ0) is 13.9. The van der Waals surface area contributed by atoms with Gasteiger partial charge in [0.05, 0.1) is 12.7 Å². The third kappa shape index (κ3) is 2.99. The second-order valence-electron chi connectivity index (χ2n) is 6.11. The van der Waals surface area contributed by atoms with E-state index in [2.05, 4.69) is 30.4 Å². The van der Waals surface area contributed by atoms with E-state index in [1.807, 2.05) is 7.05 Å². The summed E-state index contributed by atoms with van der Waals surface area (Å²) >= 11 is 0. The molecule has 0 radical (unpaired) electrons. The third-order valence-electron chi connectivity index (χ3n) is 4.53. The summed E-state index contributed by atoms with van der Waals surface area (Å²) in [7, 11) is 2.04. The average Bonchev–Trinajstić information content (AvgIpc) is 2.87. The van der Waals surface area contributed by atoms with E-state index in [9.17, 15) is 0 Å². The highest BCUT2D eigenvalue weighted by Gasteiger charge is 2.28. The van der Waals surface area contributed by atoms with Crippen LogP contribution in [0.5, 0.6) is 5.75 Å². The van der Waals surface area contributed by atoms with Gasteiger partial charge < -0.3 is 14.8 Å². The Bertz CT molecular complexity index is 460. The monoisotopic (exact) mass is 275 g/mol. The van der Waals surface area contributed by atoms with Crippen LogP contribution in [0.25, 0.3) is 0 Å². The van der Waals surface area contributed by atoms with E-state index in [1.54, 1.807) is 0 Å². The van der Waals surface area contributed by atoms with E-state index in [4.69, 9.17) is 9.47 Å². The van der Waals surface area contributed by atoms with Gasteiger partial charge in [-0.25, -0.2) is 0 Å². The number of fused-ring (bicyclic) bond motifs is 1. The molecule has 3 atom stereocenters. The quantitative estimate of drug-likeness (QED) is 0.916. The number of benzene rings is 1. The topological polar surface area (TPSA) is 30.5 Å². The van der Waals surface area contributed by atoms with Crippen LogP contribution in [0, 0.1) is 6.92 Å². The minimum absolute atomic E-state index is 0.186. The van der Waals surface area contributed by atoms with Crippen LogP contribution in [-0.2, 0) is 11.2 Å². The molecule has 3 heteroatoms. The van der Waals surface area contributed by atoms with Crippen LogP contribution >= 0.6 is 0 Å². The average molecular weight is 275 g/mol. The van der Waals surface area contributed by atoms with Crippen LogP contribution in [0.1, 0.15) is 36.8 Å². The molecular formula is C17H25NO2. The Morgan fingerprint density at radius 3 is 3.00 bits per heavy atom. The van der Waals surface area contributed by atoms with Crippen molar-refractivity contribution in [3.63, 3.8) is 0 Å². The van der Waals surface area contributed by atoms with Gasteiger partial charge in [0.15, 0.2) is 0 Å². The molecule has 0 aromatic heterocycles. The van der Waals surface area contributed by atoms with Crippen molar-refractivity contribution in [2.24, 2.45) is 0 Å². The van der Waals surface area contributed by atoms with Gasteiger partial charge in [0.25, 0.3) is 0 Å². The molecule has 3 unspecified atom stereocenters. The normalized spacial score (nSPS) is 29.0. The largest absolute Gasteiger partial charge is 0.487 e. The Hall–Kier alpha value is -1.06. The van der Waals surface area contributed by atoms with Gasteiger partial charge in [-0.2, -0.15) is 0 Å². The fraction of sp³-hybridized carbons (Fsp3) is 0.647. The van der Waals surface area contributed by atoms with Crippen molar-refractivity contribution in [2.75, 3.05) is 13.7 Å². The van der Waals surface area contributed by atoms with Gasteiger partial charge >= 0.3 is 0 Å². The number of likely N-dealkylation sites (N-methyl/N-ethyl adjacent to an activating group) is 1. The molecule has 3 rings (SSSR count). The van der Waals surface area contributed by atoms with Gasteiger partial charge in [0, 0.05) is 12.5 Å². The van der Waals surface area contributed by atoms with Gasteiger partial charge in [-0.05, 0) is 38.4 Å². The first-order valence-electron chi connectivity index (χ1n) is 7.81. The maximum Gasteiger partial charge on any atom is 0.126 e. The van der Waals surface area contributed by atoms with E-state index >= 15 is 0 Å². The summed E-state index contributed by atoms with van der Waals surface area (Å²) in [6.07, 6.45) is 6.52. The summed E-state index contributed by atoms with van der Waals surface area (Å²) in [5.74, 6) is 1.04. The molecule has 2 aliphatic rings. The highest BCUT2D eigenvalue weighted by molar-refractivity contribution is 5.40. The second-order valence-corrected chi connectivity index (χ2v) is 6.11. The Morgan fingerprint density at radius 2 is 2.15 bits per heavy atom. The standard InChI is InChI=1S/C17H25NO2/c1-12-7-8-16-13(9-12)10-14(20-16)11-19-17-6-4-3-5-15(17)18-2/h7-9,14-15,17-18H,3-6,10-11H2,1-2H3. The first-order valence-corrected chi connectivity index (χ1v) is 7.81. The summed E-state index contributed by atoms with van der Waals surface area (Å²) in [5.41, 5.74) is 2.63. The lowest BCUT2D eigenvalue weighted by Crippen LogP contribution is -2.43. The van der Waals surface area contributed by atoms with Crippen molar-refractivity contribution < 1.29 is 9.47 Å². The lowest BCUT2D eigenvalue weighted by atomic mass is 9.92. The SMILES string of the molecule is CNC1CCCCC1OCC1Cc2cc(C)ccc2O1. The predicted octanol–water partition coefficient (Wildman–Crippen LogP) is 2.85. The van der Waals surface area contributed by atoms with E-state index in [-0.39, 0.29) is 6.10 Å². The zero-order valence-electron chi connectivity index (χ0n) is 12.5. The van der Waals surface area contributed by atoms with Crippen molar-refractivity contribution in [1.29, 1.82) is 0 Å². The summed E-state index contributed by atoms with van der Waals surface area (Å²) in [6.45, 7) is 2.83. The van der Waals surface area contributed by atoms with Crippen LogP contribution < -0.4 is 10.1 Å².